The van der Waals surface area contributed by atoms with Gasteiger partial charge in [-0.25, -0.2) is 8.42 Å². The van der Waals surface area contributed by atoms with Crippen LogP contribution in [0.15, 0.2) is 59.8 Å². The van der Waals surface area contributed by atoms with E-state index in [9.17, 15) is 13.2 Å². The van der Waals surface area contributed by atoms with Gasteiger partial charge in [-0.05, 0) is 42.7 Å². The zero-order chi connectivity index (χ0) is 18.8. The van der Waals surface area contributed by atoms with Gasteiger partial charge in [0.15, 0.2) is 0 Å². The third kappa shape index (κ3) is 3.48. The van der Waals surface area contributed by atoms with E-state index in [2.05, 4.69) is 4.98 Å². The van der Waals surface area contributed by atoms with Crippen molar-refractivity contribution < 1.29 is 13.2 Å². The second-order valence-electron chi connectivity index (χ2n) is 6.60. The number of carbonyl (C=O) groups excluding carboxylic acids is 1. The SMILES string of the molecule is NC(=O)C(N)(Cc1ccncc1)C1CCN(S(=O)(=O)c2ccccc2)C1. The molecular weight excluding hydrogens is 352 g/mol. The van der Waals surface area contributed by atoms with Gasteiger partial charge >= 0.3 is 0 Å². The van der Waals surface area contributed by atoms with Crippen LogP contribution in [-0.4, -0.2) is 42.2 Å². The Kier molecular flexibility index (Phi) is 5.08. The summed E-state index contributed by atoms with van der Waals surface area (Å²) in [5, 5.41) is 0. The van der Waals surface area contributed by atoms with Crippen molar-refractivity contribution in [2.75, 3.05) is 13.1 Å². The van der Waals surface area contributed by atoms with Gasteiger partial charge in [0, 0.05) is 31.4 Å². The molecule has 138 valence electrons. The molecule has 1 fully saturated rings. The topological polar surface area (TPSA) is 119 Å². The van der Waals surface area contributed by atoms with E-state index in [1.54, 1.807) is 54.9 Å². The van der Waals surface area contributed by atoms with Crippen LogP contribution < -0.4 is 11.5 Å². The monoisotopic (exact) mass is 374 g/mol. The third-order valence-corrected chi connectivity index (χ3v) is 6.84. The van der Waals surface area contributed by atoms with Crippen molar-refractivity contribution in [3.05, 3.63) is 60.4 Å². The Morgan fingerprint density at radius 3 is 2.46 bits per heavy atom. The first-order chi connectivity index (χ1) is 12.3. The van der Waals surface area contributed by atoms with Gasteiger partial charge in [0.25, 0.3) is 0 Å². The van der Waals surface area contributed by atoms with Crippen molar-refractivity contribution in [2.24, 2.45) is 17.4 Å². The lowest BCUT2D eigenvalue weighted by Gasteiger charge is -2.32. The van der Waals surface area contributed by atoms with Crippen molar-refractivity contribution in [3.8, 4) is 0 Å². The second kappa shape index (κ2) is 7.14. The lowest BCUT2D eigenvalue weighted by Crippen LogP contribution is -2.59. The van der Waals surface area contributed by atoms with Crippen molar-refractivity contribution in [2.45, 2.75) is 23.3 Å². The predicted octanol–water partition coefficient (Wildman–Crippen LogP) is 0.518. The number of primary amides is 1. The van der Waals surface area contributed by atoms with Crippen LogP contribution in [0.25, 0.3) is 0 Å². The summed E-state index contributed by atoms with van der Waals surface area (Å²) in [5.74, 6) is -0.982. The zero-order valence-electron chi connectivity index (χ0n) is 14.3. The summed E-state index contributed by atoms with van der Waals surface area (Å²) in [5.41, 5.74) is 11.5. The van der Waals surface area contributed by atoms with Crippen molar-refractivity contribution in [3.63, 3.8) is 0 Å². The van der Waals surface area contributed by atoms with Gasteiger partial charge < -0.3 is 11.5 Å². The number of sulfonamides is 1. The first-order valence-corrected chi connectivity index (χ1v) is 9.81. The molecule has 0 radical (unpaired) electrons. The van der Waals surface area contributed by atoms with E-state index in [-0.39, 0.29) is 23.8 Å². The maximum absolute atomic E-state index is 12.8. The van der Waals surface area contributed by atoms with Crippen LogP contribution in [0.1, 0.15) is 12.0 Å². The number of hydrogen-bond donors (Lipinski definition) is 2. The predicted molar refractivity (Wildman–Crippen MR) is 97.4 cm³/mol. The Balaban J connectivity index is 1.82. The average molecular weight is 374 g/mol. The highest BCUT2D eigenvalue weighted by Gasteiger charge is 2.46. The van der Waals surface area contributed by atoms with Gasteiger partial charge in [0.1, 0.15) is 5.54 Å². The quantitative estimate of drug-likeness (QED) is 0.764. The maximum atomic E-state index is 12.8. The number of rotatable bonds is 6. The molecule has 1 aliphatic heterocycles. The van der Waals surface area contributed by atoms with Crippen molar-refractivity contribution >= 4 is 15.9 Å². The highest BCUT2D eigenvalue weighted by molar-refractivity contribution is 7.89. The van der Waals surface area contributed by atoms with E-state index in [0.717, 1.165) is 5.56 Å². The third-order valence-electron chi connectivity index (χ3n) is 4.97. The Morgan fingerprint density at radius 2 is 1.85 bits per heavy atom. The highest BCUT2D eigenvalue weighted by atomic mass is 32.2. The Morgan fingerprint density at radius 1 is 1.19 bits per heavy atom. The van der Waals surface area contributed by atoms with Crippen LogP contribution in [0.3, 0.4) is 0 Å². The minimum absolute atomic E-state index is 0.168. The standard InChI is InChI=1S/C18H22N4O3S/c19-17(23)18(20,12-14-6-9-21-10-7-14)15-8-11-22(13-15)26(24,25)16-4-2-1-3-5-16/h1-7,9-10,15H,8,11-13,20H2,(H2,19,23). The fourth-order valence-corrected chi connectivity index (χ4v) is 4.90. The Hall–Kier alpha value is -2.29. The lowest BCUT2D eigenvalue weighted by molar-refractivity contribution is -0.124. The van der Waals surface area contributed by atoms with Crippen molar-refractivity contribution in [1.82, 2.24) is 9.29 Å². The molecule has 1 aromatic heterocycles. The highest BCUT2D eigenvalue weighted by Crippen LogP contribution is 2.32. The van der Waals surface area contributed by atoms with Crippen LogP contribution in [0.4, 0.5) is 0 Å². The molecule has 0 saturated carbocycles. The summed E-state index contributed by atoms with van der Waals surface area (Å²) in [4.78, 5) is 16.3. The van der Waals surface area contributed by atoms with Crippen molar-refractivity contribution in [1.29, 1.82) is 0 Å². The minimum Gasteiger partial charge on any atom is -0.368 e. The minimum atomic E-state index is -3.61. The molecule has 8 heteroatoms. The van der Waals surface area contributed by atoms with E-state index in [1.165, 1.54) is 4.31 Å². The van der Waals surface area contributed by atoms with Gasteiger partial charge in [-0.15, -0.1) is 0 Å². The molecule has 26 heavy (non-hydrogen) atoms. The largest absolute Gasteiger partial charge is 0.368 e. The van der Waals surface area contributed by atoms with Crippen LogP contribution in [0, 0.1) is 5.92 Å². The molecule has 0 aliphatic carbocycles. The number of carbonyl (C=O) groups is 1. The van der Waals surface area contributed by atoms with Gasteiger partial charge in [0.2, 0.25) is 15.9 Å². The molecule has 2 heterocycles. The Labute approximate surface area is 153 Å². The second-order valence-corrected chi connectivity index (χ2v) is 8.54. The first-order valence-electron chi connectivity index (χ1n) is 8.37. The van der Waals surface area contributed by atoms with Crippen LogP contribution in [0.2, 0.25) is 0 Å². The number of pyridine rings is 1. The summed E-state index contributed by atoms with van der Waals surface area (Å²) in [6, 6.07) is 11.8. The zero-order valence-corrected chi connectivity index (χ0v) is 15.1. The van der Waals surface area contributed by atoms with Gasteiger partial charge in [-0.2, -0.15) is 4.31 Å². The summed E-state index contributed by atoms with van der Waals surface area (Å²) < 4.78 is 27.0. The molecule has 1 saturated heterocycles. The number of amides is 1. The molecule has 1 amide bonds. The fourth-order valence-electron chi connectivity index (χ4n) is 3.38. The summed E-state index contributed by atoms with van der Waals surface area (Å²) in [6.07, 6.45) is 3.97. The Bertz CT molecular complexity index is 874. The molecule has 4 N–H and O–H groups in total. The van der Waals surface area contributed by atoms with E-state index in [1.807, 2.05) is 0 Å². The molecule has 0 spiro atoms. The lowest BCUT2D eigenvalue weighted by atomic mass is 9.78. The smallest absolute Gasteiger partial charge is 0.243 e. The van der Waals surface area contributed by atoms with Crippen LogP contribution in [-0.2, 0) is 21.2 Å². The summed E-state index contributed by atoms with van der Waals surface area (Å²) in [7, 11) is -3.61. The maximum Gasteiger partial charge on any atom is 0.243 e. The fraction of sp³-hybridized carbons (Fsp3) is 0.333. The molecule has 0 bridgehead atoms. The van der Waals surface area contributed by atoms with Gasteiger partial charge in [0.05, 0.1) is 4.90 Å². The molecule has 1 aromatic carbocycles. The number of benzene rings is 1. The van der Waals surface area contributed by atoms with E-state index >= 15 is 0 Å². The number of hydrogen-bond acceptors (Lipinski definition) is 5. The van der Waals surface area contributed by atoms with Gasteiger partial charge in [-0.1, -0.05) is 18.2 Å². The molecule has 2 unspecified atom stereocenters. The molecule has 7 nitrogen and oxygen atoms in total. The molecule has 3 rings (SSSR count). The number of nitrogens with zero attached hydrogens (tertiary/aromatic N) is 2. The number of nitrogens with two attached hydrogens (primary N) is 2. The van der Waals surface area contributed by atoms with E-state index in [4.69, 9.17) is 11.5 Å². The molecule has 2 atom stereocenters. The molecule has 2 aromatic rings. The molecular formula is C18H22N4O3S. The average Bonchev–Trinajstić information content (AvgIpc) is 3.15. The van der Waals surface area contributed by atoms with E-state index < -0.39 is 21.5 Å². The van der Waals surface area contributed by atoms with Gasteiger partial charge in [-0.3, -0.25) is 9.78 Å². The molecule has 1 aliphatic rings. The van der Waals surface area contributed by atoms with E-state index in [0.29, 0.717) is 13.0 Å². The number of aromatic nitrogens is 1. The first kappa shape index (κ1) is 18.5. The van der Waals surface area contributed by atoms with Crippen LogP contribution >= 0.6 is 0 Å². The normalized spacial score (nSPS) is 20.6. The summed E-state index contributed by atoms with van der Waals surface area (Å²) >= 11 is 0. The van der Waals surface area contributed by atoms with Crippen LogP contribution in [0.5, 0.6) is 0 Å². The summed E-state index contributed by atoms with van der Waals surface area (Å²) in [6.45, 7) is 0.478.